The van der Waals surface area contributed by atoms with E-state index in [1.807, 2.05) is 6.07 Å². The topological polar surface area (TPSA) is 43.8 Å². The monoisotopic (exact) mass is 301 g/mol. The number of hydrogen-bond donors (Lipinski definition) is 1. The van der Waals surface area contributed by atoms with E-state index in [0.29, 0.717) is 33.7 Å². The molecule has 1 saturated carbocycles. The SMILES string of the molecule is Nc1cccc(Cl)c1-c1nc2c(F)cccc2n1C1CC1. The van der Waals surface area contributed by atoms with Crippen LogP contribution in [-0.2, 0) is 0 Å². The molecule has 1 fully saturated rings. The second kappa shape index (κ2) is 4.46. The van der Waals surface area contributed by atoms with Crippen molar-refractivity contribution in [1.29, 1.82) is 0 Å². The highest BCUT2D eigenvalue weighted by Gasteiger charge is 2.30. The first kappa shape index (κ1) is 12.7. The van der Waals surface area contributed by atoms with Gasteiger partial charge in [0.1, 0.15) is 11.3 Å². The average Bonchev–Trinajstić information content (AvgIpc) is 3.21. The van der Waals surface area contributed by atoms with Crippen LogP contribution in [0.5, 0.6) is 0 Å². The third-order valence-corrected chi connectivity index (χ3v) is 4.17. The molecular formula is C16H13ClFN3. The van der Waals surface area contributed by atoms with Crippen molar-refractivity contribution in [2.24, 2.45) is 0 Å². The van der Waals surface area contributed by atoms with Gasteiger partial charge in [-0.05, 0) is 37.1 Å². The van der Waals surface area contributed by atoms with Crippen molar-refractivity contribution in [1.82, 2.24) is 9.55 Å². The lowest BCUT2D eigenvalue weighted by molar-refractivity contribution is 0.637. The number of nitrogens with zero attached hydrogens (tertiary/aromatic N) is 2. The van der Waals surface area contributed by atoms with Gasteiger partial charge in [-0.3, -0.25) is 0 Å². The molecule has 1 aliphatic carbocycles. The molecule has 0 unspecified atom stereocenters. The van der Waals surface area contributed by atoms with Gasteiger partial charge in [0.25, 0.3) is 0 Å². The van der Waals surface area contributed by atoms with Gasteiger partial charge in [-0.15, -0.1) is 0 Å². The van der Waals surface area contributed by atoms with E-state index >= 15 is 0 Å². The van der Waals surface area contributed by atoms with Gasteiger partial charge >= 0.3 is 0 Å². The highest BCUT2D eigenvalue weighted by Crippen LogP contribution is 2.44. The van der Waals surface area contributed by atoms with Gasteiger partial charge in [0.15, 0.2) is 5.82 Å². The number of imidazole rings is 1. The van der Waals surface area contributed by atoms with E-state index in [1.165, 1.54) is 6.07 Å². The molecule has 0 amide bonds. The summed E-state index contributed by atoms with van der Waals surface area (Å²) in [7, 11) is 0. The fraction of sp³-hybridized carbons (Fsp3) is 0.188. The molecule has 0 atom stereocenters. The molecule has 106 valence electrons. The quantitative estimate of drug-likeness (QED) is 0.712. The second-order valence-electron chi connectivity index (χ2n) is 5.35. The summed E-state index contributed by atoms with van der Waals surface area (Å²) < 4.78 is 16.1. The summed E-state index contributed by atoms with van der Waals surface area (Å²) >= 11 is 6.30. The first-order valence-corrected chi connectivity index (χ1v) is 7.25. The van der Waals surface area contributed by atoms with E-state index in [1.54, 1.807) is 24.3 Å². The van der Waals surface area contributed by atoms with E-state index < -0.39 is 0 Å². The molecule has 1 aliphatic rings. The van der Waals surface area contributed by atoms with Gasteiger partial charge in [0.2, 0.25) is 0 Å². The highest BCUT2D eigenvalue weighted by atomic mass is 35.5. The summed E-state index contributed by atoms with van der Waals surface area (Å²) in [5.74, 6) is 0.333. The van der Waals surface area contributed by atoms with E-state index in [0.717, 1.165) is 18.4 Å². The first-order chi connectivity index (χ1) is 10.2. The van der Waals surface area contributed by atoms with E-state index in [9.17, 15) is 4.39 Å². The predicted octanol–water partition coefficient (Wildman–Crippen LogP) is 4.41. The number of nitrogen functional groups attached to an aromatic ring is 1. The van der Waals surface area contributed by atoms with Crippen LogP contribution in [0.25, 0.3) is 22.4 Å². The van der Waals surface area contributed by atoms with E-state index in [2.05, 4.69) is 9.55 Å². The van der Waals surface area contributed by atoms with E-state index in [4.69, 9.17) is 17.3 Å². The molecule has 5 heteroatoms. The summed E-state index contributed by atoms with van der Waals surface area (Å²) in [6, 6.07) is 10.7. The fourth-order valence-electron chi connectivity index (χ4n) is 2.74. The van der Waals surface area contributed by atoms with Crippen molar-refractivity contribution in [2.75, 3.05) is 5.73 Å². The van der Waals surface area contributed by atoms with Crippen LogP contribution in [-0.4, -0.2) is 9.55 Å². The number of para-hydroxylation sites is 1. The summed E-state index contributed by atoms with van der Waals surface area (Å²) in [6.45, 7) is 0. The van der Waals surface area contributed by atoms with Gasteiger partial charge in [0.05, 0.1) is 16.1 Å². The Kier molecular flexibility index (Phi) is 2.69. The van der Waals surface area contributed by atoms with Crippen molar-refractivity contribution < 1.29 is 4.39 Å². The molecule has 1 aromatic heterocycles. The maximum absolute atomic E-state index is 14.0. The molecule has 3 aromatic rings. The number of fused-ring (bicyclic) bond motifs is 1. The molecule has 0 spiro atoms. The molecule has 21 heavy (non-hydrogen) atoms. The molecule has 0 bridgehead atoms. The molecule has 4 rings (SSSR count). The largest absolute Gasteiger partial charge is 0.398 e. The third kappa shape index (κ3) is 1.90. The lowest BCUT2D eigenvalue weighted by Crippen LogP contribution is -2.00. The van der Waals surface area contributed by atoms with Crippen molar-refractivity contribution >= 4 is 28.3 Å². The van der Waals surface area contributed by atoms with E-state index in [-0.39, 0.29) is 5.82 Å². The maximum Gasteiger partial charge on any atom is 0.151 e. The molecule has 2 aromatic carbocycles. The molecule has 1 heterocycles. The Balaban J connectivity index is 2.09. The van der Waals surface area contributed by atoms with Crippen LogP contribution in [0.1, 0.15) is 18.9 Å². The molecule has 0 saturated heterocycles. The van der Waals surface area contributed by atoms with Gasteiger partial charge in [-0.2, -0.15) is 0 Å². The fourth-order valence-corrected chi connectivity index (χ4v) is 3.00. The molecule has 2 N–H and O–H groups in total. The maximum atomic E-state index is 14.0. The number of rotatable bonds is 2. The Morgan fingerprint density at radius 1 is 1.19 bits per heavy atom. The number of aromatic nitrogens is 2. The Hall–Kier alpha value is -2.07. The van der Waals surface area contributed by atoms with Gasteiger partial charge in [-0.25, -0.2) is 9.37 Å². The van der Waals surface area contributed by atoms with Gasteiger partial charge in [-0.1, -0.05) is 23.7 Å². The van der Waals surface area contributed by atoms with Gasteiger partial charge in [0, 0.05) is 11.7 Å². The average molecular weight is 302 g/mol. The van der Waals surface area contributed by atoms with Crippen molar-refractivity contribution in [2.45, 2.75) is 18.9 Å². The number of halogens is 2. The smallest absolute Gasteiger partial charge is 0.151 e. The molecule has 0 radical (unpaired) electrons. The first-order valence-electron chi connectivity index (χ1n) is 6.87. The predicted molar refractivity (Wildman–Crippen MR) is 82.8 cm³/mol. The number of benzene rings is 2. The summed E-state index contributed by atoms with van der Waals surface area (Å²) in [5, 5.41) is 0.535. The lowest BCUT2D eigenvalue weighted by atomic mass is 10.1. The second-order valence-corrected chi connectivity index (χ2v) is 5.76. The van der Waals surface area contributed by atoms with Crippen molar-refractivity contribution in [3.05, 3.63) is 47.2 Å². The van der Waals surface area contributed by atoms with Crippen molar-refractivity contribution in [3.63, 3.8) is 0 Å². The Morgan fingerprint density at radius 3 is 2.67 bits per heavy atom. The van der Waals surface area contributed by atoms with Crippen LogP contribution in [0.2, 0.25) is 5.02 Å². The zero-order valence-electron chi connectivity index (χ0n) is 11.2. The summed E-state index contributed by atoms with van der Waals surface area (Å²) in [4.78, 5) is 4.49. The Morgan fingerprint density at radius 2 is 1.95 bits per heavy atom. The summed E-state index contributed by atoms with van der Waals surface area (Å²) in [5.41, 5.74) is 8.48. The normalized spacial score (nSPS) is 14.8. The van der Waals surface area contributed by atoms with Crippen LogP contribution in [0.4, 0.5) is 10.1 Å². The molecule has 3 nitrogen and oxygen atoms in total. The van der Waals surface area contributed by atoms with Crippen LogP contribution >= 0.6 is 11.6 Å². The Bertz CT molecular complexity index is 832. The van der Waals surface area contributed by atoms with Crippen molar-refractivity contribution in [3.8, 4) is 11.4 Å². The minimum atomic E-state index is -0.321. The lowest BCUT2D eigenvalue weighted by Gasteiger charge is -2.11. The number of hydrogen-bond acceptors (Lipinski definition) is 2. The minimum absolute atomic E-state index is 0.321. The van der Waals surface area contributed by atoms with Gasteiger partial charge < -0.3 is 10.3 Å². The number of nitrogens with two attached hydrogens (primary N) is 1. The van der Waals surface area contributed by atoms with Crippen LogP contribution < -0.4 is 5.73 Å². The zero-order valence-corrected chi connectivity index (χ0v) is 11.9. The molecule has 0 aliphatic heterocycles. The van der Waals surface area contributed by atoms with Crippen LogP contribution in [0, 0.1) is 5.82 Å². The molecular weight excluding hydrogens is 289 g/mol. The highest BCUT2D eigenvalue weighted by molar-refractivity contribution is 6.33. The third-order valence-electron chi connectivity index (χ3n) is 3.85. The van der Waals surface area contributed by atoms with Crippen LogP contribution in [0.15, 0.2) is 36.4 Å². The minimum Gasteiger partial charge on any atom is -0.398 e. The number of anilines is 1. The Labute approximate surface area is 126 Å². The summed E-state index contributed by atoms with van der Waals surface area (Å²) in [6.07, 6.45) is 2.14. The standard InChI is InChI=1S/C16H13ClFN3/c17-10-3-1-5-12(19)14(10)16-20-15-11(18)4-2-6-13(15)21(16)9-7-8-9/h1-6,9H,7-8,19H2. The zero-order chi connectivity index (χ0) is 14.6. The van der Waals surface area contributed by atoms with Crippen LogP contribution in [0.3, 0.4) is 0 Å².